The van der Waals surface area contributed by atoms with Crippen LogP contribution in [0.15, 0.2) is 16.9 Å². The highest BCUT2D eigenvalue weighted by atomic mass is 35.5. The number of nitrogens with zero attached hydrogens (tertiary/aromatic N) is 5. The standard InChI is InChI=1S/C21H27N7O2.2ClH/c1-11(2)14-8-12(30-5)9-15-17(14)19(29)26-21(23-15)28-7-6-13-16(10-28)24-20(27(3)4)25-18(13)22;;/h8-9,11H,6-7,10H2,1-5H3,(H2,22,24,25)(H,23,26,29);2*1H. The van der Waals surface area contributed by atoms with Crippen molar-refractivity contribution in [2.75, 3.05) is 43.3 Å². The molecule has 174 valence electrons. The number of aromatic nitrogens is 4. The van der Waals surface area contributed by atoms with Gasteiger partial charge in [-0.2, -0.15) is 4.98 Å². The number of hydrogen-bond donors (Lipinski definition) is 2. The van der Waals surface area contributed by atoms with E-state index in [9.17, 15) is 4.79 Å². The van der Waals surface area contributed by atoms with Crippen LogP contribution in [0.5, 0.6) is 5.75 Å². The summed E-state index contributed by atoms with van der Waals surface area (Å²) in [6.07, 6.45) is 0.686. The fraction of sp³-hybridized carbons (Fsp3) is 0.429. The summed E-state index contributed by atoms with van der Waals surface area (Å²) in [5.74, 6) is 2.46. The van der Waals surface area contributed by atoms with Gasteiger partial charge in [0.1, 0.15) is 11.6 Å². The van der Waals surface area contributed by atoms with E-state index in [-0.39, 0.29) is 36.3 Å². The third kappa shape index (κ3) is 4.54. The van der Waals surface area contributed by atoms with Gasteiger partial charge < -0.3 is 20.3 Å². The van der Waals surface area contributed by atoms with Gasteiger partial charge in [0.15, 0.2) is 0 Å². The molecule has 0 radical (unpaired) electrons. The highest BCUT2D eigenvalue weighted by Gasteiger charge is 2.24. The average Bonchev–Trinajstić information content (AvgIpc) is 2.72. The molecule has 4 rings (SSSR count). The van der Waals surface area contributed by atoms with E-state index in [2.05, 4.69) is 28.8 Å². The van der Waals surface area contributed by atoms with Crippen LogP contribution < -0.4 is 25.8 Å². The molecular weight excluding hydrogens is 453 g/mol. The second kappa shape index (κ2) is 9.79. The van der Waals surface area contributed by atoms with Crippen LogP contribution in [-0.4, -0.2) is 47.7 Å². The molecule has 3 heterocycles. The van der Waals surface area contributed by atoms with E-state index in [1.165, 1.54) is 0 Å². The molecule has 0 atom stereocenters. The third-order valence-electron chi connectivity index (χ3n) is 5.44. The molecule has 3 N–H and O–H groups in total. The monoisotopic (exact) mass is 481 g/mol. The van der Waals surface area contributed by atoms with Gasteiger partial charge in [-0.1, -0.05) is 13.8 Å². The van der Waals surface area contributed by atoms with Crippen LogP contribution in [0.2, 0.25) is 0 Å². The Hall–Kier alpha value is -2.78. The molecule has 0 amide bonds. The van der Waals surface area contributed by atoms with Gasteiger partial charge in [-0.25, -0.2) is 9.97 Å². The molecule has 0 bridgehead atoms. The minimum Gasteiger partial charge on any atom is -0.497 e. The van der Waals surface area contributed by atoms with Crippen molar-refractivity contribution in [1.82, 2.24) is 19.9 Å². The Labute approximate surface area is 199 Å². The molecule has 1 aromatic carbocycles. The van der Waals surface area contributed by atoms with Crippen molar-refractivity contribution >= 4 is 53.4 Å². The molecule has 0 fully saturated rings. The van der Waals surface area contributed by atoms with Crippen LogP contribution >= 0.6 is 24.8 Å². The van der Waals surface area contributed by atoms with Crippen molar-refractivity contribution in [3.63, 3.8) is 0 Å². The number of ether oxygens (including phenoxy) is 1. The summed E-state index contributed by atoms with van der Waals surface area (Å²) >= 11 is 0. The number of anilines is 3. The average molecular weight is 482 g/mol. The molecule has 9 nitrogen and oxygen atoms in total. The Morgan fingerprint density at radius 3 is 2.53 bits per heavy atom. The van der Waals surface area contributed by atoms with Crippen molar-refractivity contribution in [2.45, 2.75) is 32.7 Å². The van der Waals surface area contributed by atoms with Gasteiger partial charge in [-0.05, 0) is 24.0 Å². The summed E-state index contributed by atoms with van der Waals surface area (Å²) in [6.45, 7) is 5.26. The summed E-state index contributed by atoms with van der Waals surface area (Å²) in [4.78, 5) is 33.6. The molecule has 0 aliphatic carbocycles. The summed E-state index contributed by atoms with van der Waals surface area (Å²) in [7, 11) is 5.38. The molecule has 0 saturated heterocycles. The zero-order valence-corrected chi connectivity index (χ0v) is 20.4. The van der Waals surface area contributed by atoms with Crippen LogP contribution in [0.3, 0.4) is 0 Å². The second-order valence-electron chi connectivity index (χ2n) is 8.06. The zero-order valence-electron chi connectivity index (χ0n) is 18.8. The third-order valence-corrected chi connectivity index (χ3v) is 5.44. The molecule has 11 heteroatoms. The number of nitrogen functional groups attached to an aromatic ring is 1. The number of halogens is 2. The summed E-state index contributed by atoms with van der Waals surface area (Å²) in [6, 6.07) is 3.71. The Balaban J connectivity index is 0.00000181. The molecule has 2 aromatic heterocycles. The number of nitrogens with two attached hydrogens (primary N) is 1. The van der Waals surface area contributed by atoms with Gasteiger partial charge in [-0.15, -0.1) is 24.8 Å². The van der Waals surface area contributed by atoms with Crippen molar-refractivity contribution in [3.8, 4) is 5.75 Å². The Morgan fingerprint density at radius 1 is 1.19 bits per heavy atom. The number of fused-ring (bicyclic) bond motifs is 2. The number of nitrogens with one attached hydrogen (secondary N) is 1. The lowest BCUT2D eigenvalue weighted by molar-refractivity contribution is 0.414. The van der Waals surface area contributed by atoms with Gasteiger partial charge in [0.05, 0.1) is 30.3 Å². The molecule has 0 spiro atoms. The van der Waals surface area contributed by atoms with E-state index in [4.69, 9.17) is 15.5 Å². The van der Waals surface area contributed by atoms with Crippen molar-refractivity contribution < 1.29 is 4.74 Å². The minimum absolute atomic E-state index is 0. The Bertz CT molecular complexity index is 1180. The number of H-pyrrole nitrogens is 1. The van der Waals surface area contributed by atoms with Gasteiger partial charge in [0, 0.05) is 32.3 Å². The smallest absolute Gasteiger partial charge is 0.260 e. The van der Waals surface area contributed by atoms with E-state index in [0.717, 1.165) is 16.8 Å². The highest BCUT2D eigenvalue weighted by Crippen LogP contribution is 2.30. The lowest BCUT2D eigenvalue weighted by Crippen LogP contribution is -2.35. The predicted molar refractivity (Wildman–Crippen MR) is 133 cm³/mol. The molecule has 1 aliphatic rings. The van der Waals surface area contributed by atoms with E-state index in [0.29, 0.717) is 53.9 Å². The summed E-state index contributed by atoms with van der Waals surface area (Å²) < 4.78 is 5.43. The maximum atomic E-state index is 13.0. The molecule has 0 unspecified atom stereocenters. The molecular formula is C21H29Cl2N7O2. The second-order valence-corrected chi connectivity index (χ2v) is 8.06. The van der Waals surface area contributed by atoms with Gasteiger partial charge in [0.25, 0.3) is 5.56 Å². The van der Waals surface area contributed by atoms with E-state index in [1.807, 2.05) is 36.0 Å². The van der Waals surface area contributed by atoms with Gasteiger partial charge >= 0.3 is 0 Å². The first kappa shape index (κ1) is 25.5. The fourth-order valence-corrected chi connectivity index (χ4v) is 3.81. The SMILES string of the molecule is COc1cc(C(C)C)c2c(=O)[nH]c(N3CCc4c(N)nc(N(C)C)nc4C3)nc2c1.Cl.Cl. The molecule has 3 aromatic rings. The molecule has 0 saturated carbocycles. The normalized spacial score (nSPS) is 12.8. The topological polar surface area (TPSA) is 113 Å². The number of aromatic amines is 1. The maximum Gasteiger partial charge on any atom is 0.260 e. The van der Waals surface area contributed by atoms with Crippen LogP contribution in [-0.2, 0) is 13.0 Å². The van der Waals surface area contributed by atoms with Crippen LogP contribution in [0.25, 0.3) is 10.9 Å². The number of methoxy groups -OCH3 is 1. The Morgan fingerprint density at radius 2 is 1.91 bits per heavy atom. The lowest BCUT2D eigenvalue weighted by atomic mass is 9.98. The number of benzene rings is 1. The number of rotatable bonds is 4. The van der Waals surface area contributed by atoms with Crippen molar-refractivity contribution in [3.05, 3.63) is 39.3 Å². The quantitative estimate of drug-likeness (QED) is 0.584. The van der Waals surface area contributed by atoms with Gasteiger partial charge in [-0.3, -0.25) is 9.78 Å². The van der Waals surface area contributed by atoms with E-state index < -0.39 is 0 Å². The molecule has 1 aliphatic heterocycles. The first-order valence-corrected chi connectivity index (χ1v) is 9.98. The van der Waals surface area contributed by atoms with Crippen LogP contribution in [0.1, 0.15) is 36.6 Å². The van der Waals surface area contributed by atoms with E-state index >= 15 is 0 Å². The largest absolute Gasteiger partial charge is 0.497 e. The number of hydrogen-bond acceptors (Lipinski definition) is 8. The van der Waals surface area contributed by atoms with E-state index in [1.54, 1.807) is 7.11 Å². The predicted octanol–water partition coefficient (Wildman–Crippen LogP) is 2.90. The minimum atomic E-state index is -0.150. The van der Waals surface area contributed by atoms with Crippen molar-refractivity contribution in [1.29, 1.82) is 0 Å². The van der Waals surface area contributed by atoms with Gasteiger partial charge in [0.2, 0.25) is 11.9 Å². The van der Waals surface area contributed by atoms with Crippen molar-refractivity contribution in [2.24, 2.45) is 0 Å². The highest BCUT2D eigenvalue weighted by molar-refractivity contribution is 5.86. The summed E-state index contributed by atoms with van der Waals surface area (Å²) in [5, 5.41) is 0.605. The fourth-order valence-electron chi connectivity index (χ4n) is 3.81. The van der Waals surface area contributed by atoms with Crippen LogP contribution in [0.4, 0.5) is 17.7 Å². The zero-order chi connectivity index (χ0) is 21.6. The first-order valence-electron chi connectivity index (χ1n) is 9.98. The lowest BCUT2D eigenvalue weighted by Gasteiger charge is -2.29. The maximum absolute atomic E-state index is 13.0. The molecule has 32 heavy (non-hydrogen) atoms. The summed E-state index contributed by atoms with van der Waals surface area (Å²) in [5.41, 5.74) is 9.37. The first-order chi connectivity index (χ1) is 14.3. The van der Waals surface area contributed by atoms with Crippen LogP contribution in [0, 0.1) is 0 Å². The Kier molecular flexibility index (Phi) is 7.79.